The molecule has 0 aromatic heterocycles. The quantitative estimate of drug-likeness (QED) is 0.872. The molecule has 3 heteroatoms. The molecule has 0 aliphatic heterocycles. The van der Waals surface area contributed by atoms with Crippen LogP contribution in [0.25, 0.3) is 0 Å². The molecule has 1 atom stereocenters. The van der Waals surface area contributed by atoms with Gasteiger partial charge in [0.2, 0.25) is 5.91 Å². The average Bonchev–Trinajstić information content (AvgIpc) is 2.24. The number of anilines is 1. The van der Waals surface area contributed by atoms with Crippen LogP contribution in [0.15, 0.2) is 18.2 Å². The van der Waals surface area contributed by atoms with Crippen molar-refractivity contribution in [1.82, 2.24) is 0 Å². The zero-order valence-electron chi connectivity index (χ0n) is 11.3. The molecule has 0 bridgehead atoms. The highest BCUT2D eigenvalue weighted by Crippen LogP contribution is 2.18. The summed E-state index contributed by atoms with van der Waals surface area (Å²) in [7, 11) is 1.78. The van der Waals surface area contributed by atoms with Gasteiger partial charge in [0.1, 0.15) is 0 Å². The number of carbonyl (C=O) groups excluding carboxylic acids is 1. The predicted molar refractivity (Wildman–Crippen MR) is 72.1 cm³/mol. The van der Waals surface area contributed by atoms with E-state index in [9.17, 15) is 4.79 Å². The standard InChI is InChI=1S/C14H22N2O/c1-9(2)13(15)14(17)16(5)12-7-10(3)6-11(4)8-12/h6-9,13H,15H2,1-5H3. The molecule has 0 saturated heterocycles. The van der Waals surface area contributed by atoms with Gasteiger partial charge in [0.15, 0.2) is 0 Å². The van der Waals surface area contributed by atoms with Crippen molar-refractivity contribution in [3.8, 4) is 0 Å². The first-order valence-electron chi connectivity index (χ1n) is 5.94. The molecule has 1 aromatic carbocycles. The van der Waals surface area contributed by atoms with Crippen LogP contribution in [-0.4, -0.2) is 19.0 Å². The third kappa shape index (κ3) is 3.30. The first kappa shape index (κ1) is 13.7. The van der Waals surface area contributed by atoms with E-state index in [2.05, 4.69) is 6.07 Å². The van der Waals surface area contributed by atoms with Gasteiger partial charge < -0.3 is 10.6 Å². The number of nitrogens with two attached hydrogens (primary N) is 1. The fraction of sp³-hybridized carbons (Fsp3) is 0.500. The summed E-state index contributed by atoms with van der Waals surface area (Å²) in [5.41, 5.74) is 9.09. The molecule has 0 heterocycles. The summed E-state index contributed by atoms with van der Waals surface area (Å²) in [6.07, 6.45) is 0. The van der Waals surface area contributed by atoms with Gasteiger partial charge in [-0.15, -0.1) is 0 Å². The van der Waals surface area contributed by atoms with Gasteiger partial charge in [-0.25, -0.2) is 0 Å². The molecule has 94 valence electrons. The monoisotopic (exact) mass is 234 g/mol. The number of amides is 1. The number of hydrogen-bond acceptors (Lipinski definition) is 2. The molecule has 0 spiro atoms. The van der Waals surface area contributed by atoms with Gasteiger partial charge in [-0.1, -0.05) is 19.9 Å². The number of nitrogens with zero attached hydrogens (tertiary/aromatic N) is 1. The van der Waals surface area contributed by atoms with Gasteiger partial charge in [-0.2, -0.15) is 0 Å². The number of carbonyl (C=O) groups is 1. The average molecular weight is 234 g/mol. The van der Waals surface area contributed by atoms with Crippen LogP contribution in [0.3, 0.4) is 0 Å². The number of rotatable bonds is 3. The number of hydrogen-bond donors (Lipinski definition) is 1. The molecule has 2 N–H and O–H groups in total. The fourth-order valence-corrected chi connectivity index (χ4v) is 1.78. The summed E-state index contributed by atoms with van der Waals surface area (Å²) < 4.78 is 0. The van der Waals surface area contributed by atoms with Crippen LogP contribution in [-0.2, 0) is 4.79 Å². The summed E-state index contributed by atoms with van der Waals surface area (Å²) in [5, 5.41) is 0. The summed E-state index contributed by atoms with van der Waals surface area (Å²) in [4.78, 5) is 13.8. The van der Waals surface area contributed by atoms with E-state index >= 15 is 0 Å². The predicted octanol–water partition coefficient (Wildman–Crippen LogP) is 2.25. The van der Waals surface area contributed by atoms with E-state index in [0.717, 1.165) is 16.8 Å². The van der Waals surface area contributed by atoms with E-state index in [1.165, 1.54) is 0 Å². The molecule has 1 rings (SSSR count). The van der Waals surface area contributed by atoms with Crippen LogP contribution >= 0.6 is 0 Å². The topological polar surface area (TPSA) is 46.3 Å². The van der Waals surface area contributed by atoms with Gasteiger partial charge in [0.25, 0.3) is 0 Å². The highest BCUT2D eigenvalue weighted by atomic mass is 16.2. The van der Waals surface area contributed by atoms with Crippen LogP contribution in [0.2, 0.25) is 0 Å². The lowest BCUT2D eigenvalue weighted by Gasteiger charge is -2.24. The number of aryl methyl sites for hydroxylation is 2. The minimum absolute atomic E-state index is 0.0370. The van der Waals surface area contributed by atoms with E-state index in [1.807, 2.05) is 39.8 Å². The van der Waals surface area contributed by atoms with Crippen molar-refractivity contribution in [2.75, 3.05) is 11.9 Å². The third-order valence-electron chi connectivity index (χ3n) is 2.93. The molecule has 1 aromatic rings. The van der Waals surface area contributed by atoms with Crippen molar-refractivity contribution in [2.24, 2.45) is 11.7 Å². The maximum absolute atomic E-state index is 12.1. The molecule has 3 nitrogen and oxygen atoms in total. The van der Waals surface area contributed by atoms with Gasteiger partial charge in [0, 0.05) is 12.7 Å². The van der Waals surface area contributed by atoms with E-state index in [-0.39, 0.29) is 11.8 Å². The molecule has 0 fully saturated rings. The zero-order valence-corrected chi connectivity index (χ0v) is 11.3. The van der Waals surface area contributed by atoms with E-state index < -0.39 is 6.04 Å². The summed E-state index contributed by atoms with van der Waals surface area (Å²) in [6, 6.07) is 5.64. The maximum atomic E-state index is 12.1. The van der Waals surface area contributed by atoms with Gasteiger partial charge in [-0.05, 0) is 43.0 Å². The molecular weight excluding hydrogens is 212 g/mol. The fourth-order valence-electron chi connectivity index (χ4n) is 1.78. The largest absolute Gasteiger partial charge is 0.320 e. The third-order valence-corrected chi connectivity index (χ3v) is 2.93. The summed E-state index contributed by atoms with van der Waals surface area (Å²) >= 11 is 0. The highest BCUT2D eigenvalue weighted by Gasteiger charge is 2.22. The second-order valence-corrected chi connectivity index (χ2v) is 5.01. The first-order chi connectivity index (χ1) is 7.82. The Balaban J connectivity index is 2.96. The smallest absolute Gasteiger partial charge is 0.243 e. The highest BCUT2D eigenvalue weighted by molar-refractivity contribution is 5.96. The van der Waals surface area contributed by atoms with E-state index in [4.69, 9.17) is 5.73 Å². The van der Waals surface area contributed by atoms with Gasteiger partial charge in [0.05, 0.1) is 6.04 Å². The van der Waals surface area contributed by atoms with Crippen LogP contribution < -0.4 is 10.6 Å². The van der Waals surface area contributed by atoms with Gasteiger partial charge >= 0.3 is 0 Å². The summed E-state index contributed by atoms with van der Waals surface area (Å²) in [5.74, 6) is 0.112. The summed E-state index contributed by atoms with van der Waals surface area (Å²) in [6.45, 7) is 7.96. The Morgan fingerprint density at radius 1 is 1.18 bits per heavy atom. The number of likely N-dealkylation sites (N-methyl/N-ethyl adjacent to an activating group) is 1. The normalized spacial score (nSPS) is 12.6. The molecule has 17 heavy (non-hydrogen) atoms. The van der Waals surface area contributed by atoms with Crippen molar-refractivity contribution in [1.29, 1.82) is 0 Å². The van der Waals surface area contributed by atoms with E-state index in [0.29, 0.717) is 0 Å². The molecule has 0 aliphatic carbocycles. The SMILES string of the molecule is Cc1cc(C)cc(N(C)C(=O)C(N)C(C)C)c1. The second kappa shape index (κ2) is 5.32. The second-order valence-electron chi connectivity index (χ2n) is 5.01. The van der Waals surface area contributed by atoms with Crippen LogP contribution in [0.4, 0.5) is 5.69 Å². The van der Waals surface area contributed by atoms with Crippen LogP contribution in [0.1, 0.15) is 25.0 Å². The Kier molecular flexibility index (Phi) is 4.29. The van der Waals surface area contributed by atoms with Crippen LogP contribution in [0.5, 0.6) is 0 Å². The molecule has 0 radical (unpaired) electrons. The molecule has 1 unspecified atom stereocenters. The van der Waals surface area contributed by atoms with E-state index in [1.54, 1.807) is 11.9 Å². The van der Waals surface area contributed by atoms with Crippen molar-refractivity contribution >= 4 is 11.6 Å². The zero-order chi connectivity index (χ0) is 13.2. The molecule has 0 aliphatic rings. The molecule has 1 amide bonds. The van der Waals surface area contributed by atoms with Crippen molar-refractivity contribution < 1.29 is 4.79 Å². The maximum Gasteiger partial charge on any atom is 0.243 e. The Morgan fingerprint density at radius 2 is 1.65 bits per heavy atom. The lowest BCUT2D eigenvalue weighted by molar-refractivity contribution is -0.120. The minimum atomic E-state index is -0.444. The van der Waals surface area contributed by atoms with Crippen LogP contribution in [0, 0.1) is 19.8 Å². The Bertz CT molecular complexity index is 392. The van der Waals surface area contributed by atoms with Crippen molar-refractivity contribution in [3.63, 3.8) is 0 Å². The molecule has 0 saturated carbocycles. The molecular formula is C14H22N2O. The van der Waals surface area contributed by atoms with Crippen molar-refractivity contribution in [2.45, 2.75) is 33.7 Å². The Hall–Kier alpha value is -1.35. The lowest BCUT2D eigenvalue weighted by Crippen LogP contribution is -2.45. The first-order valence-corrected chi connectivity index (χ1v) is 5.94. The van der Waals surface area contributed by atoms with Crippen molar-refractivity contribution in [3.05, 3.63) is 29.3 Å². The number of benzene rings is 1. The van der Waals surface area contributed by atoms with Gasteiger partial charge in [-0.3, -0.25) is 4.79 Å². The lowest BCUT2D eigenvalue weighted by atomic mass is 10.0. The Morgan fingerprint density at radius 3 is 2.06 bits per heavy atom. The minimum Gasteiger partial charge on any atom is -0.320 e. The Labute approximate surface area is 104 Å².